The summed E-state index contributed by atoms with van der Waals surface area (Å²) in [5, 5.41) is 1.56. The molecule has 5 heteroatoms. The molecule has 0 aliphatic carbocycles. The summed E-state index contributed by atoms with van der Waals surface area (Å²) in [7, 11) is 0. The van der Waals surface area contributed by atoms with Crippen molar-refractivity contribution >= 4 is 34.3 Å². The van der Waals surface area contributed by atoms with Crippen molar-refractivity contribution in [1.29, 1.82) is 0 Å². The zero-order chi connectivity index (χ0) is 19.5. The molecule has 0 spiro atoms. The summed E-state index contributed by atoms with van der Waals surface area (Å²) >= 11 is 6.32. The Bertz CT molecular complexity index is 998. The van der Waals surface area contributed by atoms with Gasteiger partial charge >= 0.3 is 5.97 Å². The fraction of sp³-hybridized carbons (Fsp3) is 0.304. The summed E-state index contributed by atoms with van der Waals surface area (Å²) in [5.74, 6) is 0.534. The molecule has 1 N–H and O–H groups in total. The van der Waals surface area contributed by atoms with Gasteiger partial charge < -0.3 is 4.74 Å². The second kappa shape index (κ2) is 8.19. The minimum atomic E-state index is -0.306. The molecule has 3 aromatic rings. The third kappa shape index (κ3) is 3.57. The highest BCUT2D eigenvalue weighted by Gasteiger charge is 2.32. The number of benzene rings is 2. The molecule has 1 saturated heterocycles. The van der Waals surface area contributed by atoms with E-state index >= 15 is 0 Å². The summed E-state index contributed by atoms with van der Waals surface area (Å²) < 4.78 is 5.48. The van der Waals surface area contributed by atoms with E-state index in [1.807, 2.05) is 55.5 Å². The minimum absolute atomic E-state index is 0.306. The number of H-pyrrole nitrogens is 1. The molecule has 1 aromatic heterocycles. The first-order valence-corrected chi connectivity index (χ1v) is 10.2. The number of aromatic nitrogens is 1. The molecule has 144 valence electrons. The SMILES string of the molecule is CCOC(=O)c1c(N2CCCCC2)[nH+]c2ccc(Cl)cc2c1-c1ccccc1. The number of aromatic amines is 1. The van der Waals surface area contributed by atoms with Gasteiger partial charge in [0.25, 0.3) is 5.82 Å². The molecular formula is C23H24ClN2O2+. The predicted molar refractivity (Wildman–Crippen MR) is 113 cm³/mol. The van der Waals surface area contributed by atoms with Crippen molar-refractivity contribution in [3.63, 3.8) is 0 Å². The van der Waals surface area contributed by atoms with Gasteiger partial charge in [0.1, 0.15) is 5.52 Å². The topological polar surface area (TPSA) is 43.7 Å². The van der Waals surface area contributed by atoms with Gasteiger partial charge in [-0.3, -0.25) is 4.90 Å². The van der Waals surface area contributed by atoms with Crippen LogP contribution in [0.1, 0.15) is 36.5 Å². The van der Waals surface area contributed by atoms with E-state index in [2.05, 4.69) is 9.88 Å². The number of esters is 1. The highest BCUT2D eigenvalue weighted by atomic mass is 35.5. The van der Waals surface area contributed by atoms with Crippen molar-refractivity contribution in [3.05, 3.63) is 59.1 Å². The van der Waals surface area contributed by atoms with Crippen molar-refractivity contribution < 1.29 is 14.5 Å². The lowest BCUT2D eigenvalue weighted by Gasteiger charge is -2.24. The van der Waals surface area contributed by atoms with Crippen LogP contribution in [0.4, 0.5) is 5.82 Å². The number of nitrogens with zero attached hydrogens (tertiary/aromatic N) is 1. The Balaban J connectivity index is 2.06. The number of piperidine rings is 1. The molecule has 1 aliphatic rings. The largest absolute Gasteiger partial charge is 0.462 e. The minimum Gasteiger partial charge on any atom is -0.462 e. The molecular weight excluding hydrogens is 372 g/mol. The van der Waals surface area contributed by atoms with Crippen LogP contribution in [0.15, 0.2) is 48.5 Å². The Kier molecular flexibility index (Phi) is 5.49. The summed E-state index contributed by atoms with van der Waals surface area (Å²) in [6, 6.07) is 15.8. The Morgan fingerprint density at radius 2 is 1.86 bits per heavy atom. The lowest BCUT2D eigenvalue weighted by Crippen LogP contribution is -2.36. The van der Waals surface area contributed by atoms with Crippen LogP contribution < -0.4 is 9.88 Å². The van der Waals surface area contributed by atoms with E-state index in [0.717, 1.165) is 53.8 Å². The van der Waals surface area contributed by atoms with Gasteiger partial charge in [-0.15, -0.1) is 0 Å². The standard InChI is InChI=1S/C23H23ClN2O2/c1-2-28-23(27)21-20(16-9-5-3-6-10-16)18-15-17(24)11-12-19(18)25-22(21)26-13-7-4-8-14-26/h3,5-6,9-12,15H,2,4,7-8,13-14H2,1H3/p+1. The maximum Gasteiger partial charge on any atom is 0.347 e. The van der Waals surface area contributed by atoms with Crippen molar-refractivity contribution in [2.24, 2.45) is 0 Å². The second-order valence-electron chi connectivity index (χ2n) is 7.05. The van der Waals surface area contributed by atoms with E-state index in [4.69, 9.17) is 16.3 Å². The molecule has 1 fully saturated rings. The third-order valence-corrected chi connectivity index (χ3v) is 5.44. The number of anilines is 1. The molecule has 4 nitrogen and oxygen atoms in total. The van der Waals surface area contributed by atoms with E-state index in [1.54, 1.807) is 0 Å². The Morgan fingerprint density at radius 3 is 2.57 bits per heavy atom. The summed E-state index contributed by atoms with van der Waals surface area (Å²) in [6.07, 6.45) is 3.46. The molecule has 0 saturated carbocycles. The maximum atomic E-state index is 13.1. The number of carbonyl (C=O) groups excluding carboxylic acids is 1. The van der Waals surface area contributed by atoms with E-state index in [0.29, 0.717) is 17.2 Å². The number of hydrogen-bond donors (Lipinski definition) is 0. The first-order valence-electron chi connectivity index (χ1n) is 9.85. The van der Waals surface area contributed by atoms with Crippen LogP contribution in [0, 0.1) is 0 Å². The number of ether oxygens (including phenoxy) is 1. The van der Waals surface area contributed by atoms with Gasteiger partial charge in [0.15, 0.2) is 5.56 Å². The van der Waals surface area contributed by atoms with Crippen molar-refractivity contribution in [3.8, 4) is 11.1 Å². The zero-order valence-corrected chi connectivity index (χ0v) is 16.8. The quantitative estimate of drug-likeness (QED) is 0.574. The van der Waals surface area contributed by atoms with Crippen LogP contribution in [-0.4, -0.2) is 25.7 Å². The highest BCUT2D eigenvalue weighted by Crippen LogP contribution is 2.37. The third-order valence-electron chi connectivity index (χ3n) is 5.21. The molecule has 0 atom stereocenters. The number of carbonyl (C=O) groups is 1. The van der Waals surface area contributed by atoms with Crippen molar-refractivity contribution in [2.75, 3.05) is 24.6 Å². The molecule has 0 amide bonds. The van der Waals surface area contributed by atoms with Crippen molar-refractivity contribution in [1.82, 2.24) is 0 Å². The molecule has 0 bridgehead atoms. The van der Waals surface area contributed by atoms with Crippen LogP contribution in [0.25, 0.3) is 22.0 Å². The molecule has 0 radical (unpaired) electrons. The molecule has 1 aliphatic heterocycles. The van der Waals surface area contributed by atoms with Crippen LogP contribution in [0.2, 0.25) is 5.02 Å². The summed E-state index contributed by atoms with van der Waals surface area (Å²) in [6.45, 7) is 4.02. The first-order chi connectivity index (χ1) is 13.7. The smallest absolute Gasteiger partial charge is 0.347 e. The Morgan fingerprint density at radius 1 is 1.11 bits per heavy atom. The molecule has 2 aromatic carbocycles. The fourth-order valence-corrected chi connectivity index (χ4v) is 4.11. The molecule has 28 heavy (non-hydrogen) atoms. The molecule has 2 heterocycles. The predicted octanol–water partition coefficient (Wildman–Crippen LogP) is 5.14. The molecule has 0 unspecified atom stereocenters. The number of nitrogens with one attached hydrogen (secondary N) is 1. The fourth-order valence-electron chi connectivity index (χ4n) is 3.94. The zero-order valence-electron chi connectivity index (χ0n) is 16.0. The number of rotatable bonds is 4. The second-order valence-corrected chi connectivity index (χ2v) is 7.48. The lowest BCUT2D eigenvalue weighted by atomic mass is 9.94. The van der Waals surface area contributed by atoms with E-state index in [1.165, 1.54) is 6.42 Å². The van der Waals surface area contributed by atoms with E-state index in [9.17, 15) is 4.79 Å². The number of hydrogen-bond acceptors (Lipinski definition) is 3. The van der Waals surface area contributed by atoms with Gasteiger partial charge in [-0.2, -0.15) is 0 Å². The highest BCUT2D eigenvalue weighted by molar-refractivity contribution is 6.31. The monoisotopic (exact) mass is 395 g/mol. The molecule has 4 rings (SSSR count). The summed E-state index contributed by atoms with van der Waals surface area (Å²) in [5.41, 5.74) is 3.39. The number of halogens is 1. The van der Waals surface area contributed by atoms with Crippen LogP contribution in [-0.2, 0) is 4.74 Å². The average molecular weight is 396 g/mol. The Labute approximate surface area is 170 Å². The van der Waals surface area contributed by atoms with Gasteiger partial charge in [-0.25, -0.2) is 9.78 Å². The van der Waals surface area contributed by atoms with Crippen LogP contribution in [0.3, 0.4) is 0 Å². The number of pyridine rings is 1. The first kappa shape index (κ1) is 18.8. The van der Waals surface area contributed by atoms with Crippen molar-refractivity contribution in [2.45, 2.75) is 26.2 Å². The normalized spacial score (nSPS) is 14.3. The van der Waals surface area contributed by atoms with E-state index < -0.39 is 0 Å². The Hall–Kier alpha value is -2.59. The van der Waals surface area contributed by atoms with Gasteiger partial charge in [0.2, 0.25) is 0 Å². The van der Waals surface area contributed by atoms with Gasteiger partial charge in [-0.05, 0) is 49.9 Å². The van der Waals surface area contributed by atoms with Crippen LogP contribution >= 0.6 is 11.6 Å². The van der Waals surface area contributed by atoms with Crippen LogP contribution in [0.5, 0.6) is 0 Å². The summed E-state index contributed by atoms with van der Waals surface area (Å²) in [4.78, 5) is 18.9. The average Bonchev–Trinajstić information content (AvgIpc) is 2.74. The maximum absolute atomic E-state index is 13.1. The lowest BCUT2D eigenvalue weighted by molar-refractivity contribution is -0.331. The van der Waals surface area contributed by atoms with E-state index in [-0.39, 0.29) is 5.97 Å². The number of fused-ring (bicyclic) bond motifs is 1. The van der Waals surface area contributed by atoms with Gasteiger partial charge in [-0.1, -0.05) is 41.9 Å². The van der Waals surface area contributed by atoms with Gasteiger partial charge in [0, 0.05) is 16.0 Å². The van der Waals surface area contributed by atoms with Gasteiger partial charge in [0.05, 0.1) is 19.7 Å².